The Morgan fingerprint density at radius 2 is 1.67 bits per heavy atom. The zero-order valence-electron chi connectivity index (χ0n) is 10.0. The van der Waals surface area contributed by atoms with Gasteiger partial charge in [0, 0.05) is 32.7 Å². The summed E-state index contributed by atoms with van der Waals surface area (Å²) < 4.78 is 0. The van der Waals surface area contributed by atoms with Crippen molar-refractivity contribution in [2.24, 2.45) is 5.92 Å². The maximum absolute atomic E-state index is 3.23. The van der Waals surface area contributed by atoms with Gasteiger partial charge in [0.25, 0.3) is 0 Å². The van der Waals surface area contributed by atoms with Crippen molar-refractivity contribution >= 4 is 0 Å². The number of hydrazine groups is 1. The lowest BCUT2D eigenvalue weighted by atomic mass is 9.89. The molecule has 1 aliphatic carbocycles. The summed E-state index contributed by atoms with van der Waals surface area (Å²) >= 11 is 0. The Hall–Kier alpha value is -0.120. The highest BCUT2D eigenvalue weighted by Crippen LogP contribution is 2.24. The molecule has 2 rings (SSSR count). The Balaban J connectivity index is 1.67. The van der Waals surface area contributed by atoms with Crippen LogP contribution in [0.2, 0.25) is 0 Å². The summed E-state index contributed by atoms with van der Waals surface area (Å²) in [6, 6.07) is 0. The highest BCUT2D eigenvalue weighted by Gasteiger charge is 2.20. The van der Waals surface area contributed by atoms with E-state index in [1.165, 1.54) is 64.8 Å². The Labute approximate surface area is 93.8 Å². The molecule has 3 nitrogen and oxygen atoms in total. The van der Waals surface area contributed by atoms with E-state index < -0.39 is 0 Å². The average Bonchev–Trinajstić information content (AvgIpc) is 2.31. The molecule has 1 aliphatic heterocycles. The quantitative estimate of drug-likeness (QED) is 0.759. The Bertz CT molecular complexity index is 170. The molecule has 0 bridgehead atoms. The predicted octanol–water partition coefficient (Wildman–Crippen LogP) is 1.32. The first kappa shape index (κ1) is 11.4. The molecule has 15 heavy (non-hydrogen) atoms. The van der Waals surface area contributed by atoms with Gasteiger partial charge in [-0.3, -0.25) is 5.43 Å². The van der Waals surface area contributed by atoms with E-state index in [-0.39, 0.29) is 0 Å². The predicted molar refractivity (Wildman–Crippen MR) is 63.6 cm³/mol. The van der Waals surface area contributed by atoms with E-state index in [9.17, 15) is 0 Å². The highest BCUT2D eigenvalue weighted by molar-refractivity contribution is 4.74. The molecule has 0 unspecified atom stereocenters. The normalized spacial score (nSPS) is 27.0. The third-order valence-corrected chi connectivity index (χ3v) is 3.93. The molecule has 0 aromatic carbocycles. The van der Waals surface area contributed by atoms with Gasteiger partial charge in [-0.15, -0.1) is 0 Å². The van der Waals surface area contributed by atoms with Crippen LogP contribution >= 0.6 is 0 Å². The van der Waals surface area contributed by atoms with Crippen molar-refractivity contribution in [1.82, 2.24) is 15.3 Å². The van der Waals surface area contributed by atoms with Crippen molar-refractivity contribution in [3.63, 3.8) is 0 Å². The van der Waals surface area contributed by atoms with Crippen LogP contribution in [0.25, 0.3) is 0 Å². The minimum absolute atomic E-state index is 1.000. The van der Waals surface area contributed by atoms with Crippen molar-refractivity contribution in [3.8, 4) is 0 Å². The molecular weight excluding hydrogens is 186 g/mol. The fraction of sp³-hybridized carbons (Fsp3) is 1.00. The summed E-state index contributed by atoms with van der Waals surface area (Å²) in [5.74, 6) is 1.000. The van der Waals surface area contributed by atoms with Crippen LogP contribution < -0.4 is 5.43 Å². The molecular formula is C12H25N3. The van der Waals surface area contributed by atoms with E-state index in [0.29, 0.717) is 0 Å². The van der Waals surface area contributed by atoms with Crippen molar-refractivity contribution in [2.45, 2.75) is 32.1 Å². The van der Waals surface area contributed by atoms with Crippen molar-refractivity contribution < 1.29 is 0 Å². The van der Waals surface area contributed by atoms with E-state index in [1.54, 1.807) is 0 Å². The SMILES string of the molecule is CNN1CCN(CC2CCCCC2)CC1. The van der Waals surface area contributed by atoms with Crippen molar-refractivity contribution in [1.29, 1.82) is 0 Å². The fourth-order valence-electron chi connectivity index (χ4n) is 2.89. The Kier molecular flexibility index (Phi) is 4.42. The van der Waals surface area contributed by atoms with Crippen molar-refractivity contribution in [2.75, 3.05) is 39.8 Å². The lowest BCUT2D eigenvalue weighted by Crippen LogP contribution is -2.51. The van der Waals surface area contributed by atoms with Crippen LogP contribution in [-0.4, -0.2) is 49.7 Å². The first-order valence-electron chi connectivity index (χ1n) is 6.53. The second kappa shape index (κ2) is 5.83. The molecule has 0 atom stereocenters. The molecule has 2 fully saturated rings. The van der Waals surface area contributed by atoms with Gasteiger partial charge < -0.3 is 4.90 Å². The number of nitrogens with one attached hydrogen (secondary N) is 1. The number of nitrogens with zero attached hydrogens (tertiary/aromatic N) is 2. The van der Waals surface area contributed by atoms with Gasteiger partial charge in [-0.1, -0.05) is 19.3 Å². The van der Waals surface area contributed by atoms with Gasteiger partial charge in [-0.2, -0.15) is 0 Å². The molecule has 0 aromatic heterocycles. The monoisotopic (exact) mass is 211 g/mol. The lowest BCUT2D eigenvalue weighted by molar-refractivity contribution is 0.0830. The molecule has 1 saturated heterocycles. The van der Waals surface area contributed by atoms with E-state index >= 15 is 0 Å². The van der Waals surface area contributed by atoms with Gasteiger partial charge >= 0.3 is 0 Å². The smallest absolute Gasteiger partial charge is 0.0259 e. The maximum atomic E-state index is 3.23. The van der Waals surface area contributed by atoms with Crippen LogP contribution in [0.3, 0.4) is 0 Å². The first-order chi connectivity index (χ1) is 7.38. The number of rotatable bonds is 3. The van der Waals surface area contributed by atoms with Gasteiger partial charge in [0.15, 0.2) is 0 Å². The number of hydrogen-bond acceptors (Lipinski definition) is 3. The summed E-state index contributed by atoms with van der Waals surface area (Å²) in [7, 11) is 2.02. The number of piperazine rings is 1. The molecule has 88 valence electrons. The largest absolute Gasteiger partial charge is 0.300 e. The lowest BCUT2D eigenvalue weighted by Gasteiger charge is -2.36. The van der Waals surface area contributed by atoms with Crippen LogP contribution in [0.5, 0.6) is 0 Å². The Morgan fingerprint density at radius 3 is 2.27 bits per heavy atom. The molecule has 1 N–H and O–H groups in total. The maximum Gasteiger partial charge on any atom is 0.0259 e. The molecule has 0 spiro atoms. The molecule has 0 aromatic rings. The summed E-state index contributed by atoms with van der Waals surface area (Å²) in [5, 5.41) is 2.32. The van der Waals surface area contributed by atoms with Crippen LogP contribution in [-0.2, 0) is 0 Å². The summed E-state index contributed by atoms with van der Waals surface area (Å²) in [5.41, 5.74) is 3.23. The summed E-state index contributed by atoms with van der Waals surface area (Å²) in [6.07, 6.45) is 7.38. The molecule has 1 heterocycles. The van der Waals surface area contributed by atoms with E-state index in [1.807, 2.05) is 7.05 Å². The van der Waals surface area contributed by atoms with E-state index in [0.717, 1.165) is 5.92 Å². The summed E-state index contributed by atoms with van der Waals surface area (Å²) in [6.45, 7) is 6.22. The zero-order chi connectivity index (χ0) is 10.5. The van der Waals surface area contributed by atoms with Gasteiger partial charge in [-0.25, -0.2) is 5.01 Å². The fourth-order valence-corrected chi connectivity index (χ4v) is 2.89. The zero-order valence-corrected chi connectivity index (χ0v) is 10.0. The Morgan fingerprint density at radius 1 is 1.00 bits per heavy atom. The van der Waals surface area contributed by atoms with Gasteiger partial charge in [0.2, 0.25) is 0 Å². The second-order valence-corrected chi connectivity index (χ2v) is 5.02. The van der Waals surface area contributed by atoms with E-state index in [2.05, 4.69) is 15.3 Å². The standard InChI is InChI=1S/C12H25N3/c1-13-15-9-7-14(8-10-15)11-12-5-3-2-4-6-12/h12-13H,2-11H2,1H3. The van der Waals surface area contributed by atoms with Crippen LogP contribution in [0.15, 0.2) is 0 Å². The minimum Gasteiger partial charge on any atom is -0.300 e. The number of hydrogen-bond donors (Lipinski definition) is 1. The average molecular weight is 211 g/mol. The van der Waals surface area contributed by atoms with Crippen LogP contribution in [0.4, 0.5) is 0 Å². The second-order valence-electron chi connectivity index (χ2n) is 5.02. The molecule has 1 saturated carbocycles. The first-order valence-corrected chi connectivity index (χ1v) is 6.53. The summed E-state index contributed by atoms with van der Waals surface area (Å²) in [4.78, 5) is 2.66. The molecule has 0 amide bonds. The van der Waals surface area contributed by atoms with Gasteiger partial charge in [0.1, 0.15) is 0 Å². The molecule has 0 radical (unpaired) electrons. The minimum atomic E-state index is 1.000. The van der Waals surface area contributed by atoms with Crippen molar-refractivity contribution in [3.05, 3.63) is 0 Å². The molecule has 2 aliphatic rings. The van der Waals surface area contributed by atoms with Crippen LogP contribution in [0.1, 0.15) is 32.1 Å². The van der Waals surface area contributed by atoms with E-state index in [4.69, 9.17) is 0 Å². The van der Waals surface area contributed by atoms with Gasteiger partial charge in [-0.05, 0) is 25.8 Å². The molecule has 3 heteroatoms. The third-order valence-electron chi connectivity index (χ3n) is 3.93. The highest BCUT2D eigenvalue weighted by atomic mass is 15.5. The topological polar surface area (TPSA) is 18.5 Å². The van der Waals surface area contributed by atoms with Crippen LogP contribution in [0, 0.1) is 5.92 Å². The third kappa shape index (κ3) is 3.44. The van der Waals surface area contributed by atoms with Gasteiger partial charge in [0.05, 0.1) is 0 Å².